The van der Waals surface area contributed by atoms with E-state index in [0.29, 0.717) is 11.4 Å². The van der Waals surface area contributed by atoms with Crippen molar-refractivity contribution in [1.82, 2.24) is 9.88 Å². The molecule has 7 heteroatoms. The van der Waals surface area contributed by atoms with Gasteiger partial charge in [0.2, 0.25) is 0 Å². The summed E-state index contributed by atoms with van der Waals surface area (Å²) in [6.07, 6.45) is 3.77. The van der Waals surface area contributed by atoms with Gasteiger partial charge in [0.25, 0.3) is 5.91 Å². The molecule has 3 aromatic rings. The highest BCUT2D eigenvalue weighted by molar-refractivity contribution is 7.21. The number of benzene rings is 1. The highest BCUT2D eigenvalue weighted by atomic mass is 32.1. The van der Waals surface area contributed by atoms with E-state index in [-0.39, 0.29) is 11.9 Å². The summed E-state index contributed by atoms with van der Waals surface area (Å²) in [5.41, 5.74) is 0.945. The highest BCUT2D eigenvalue weighted by Gasteiger charge is 2.34. The lowest BCUT2D eigenvalue weighted by Gasteiger charge is -2.23. The van der Waals surface area contributed by atoms with Crippen molar-refractivity contribution in [2.24, 2.45) is 0 Å². The summed E-state index contributed by atoms with van der Waals surface area (Å²) in [4.78, 5) is 21.3. The summed E-state index contributed by atoms with van der Waals surface area (Å²) in [7, 11) is 3.28. The van der Waals surface area contributed by atoms with E-state index < -0.39 is 0 Å². The SMILES string of the molecule is COc1ccc(OC)c(CN(C(=O)c2cnc(-c3cccs3)s2)C2CC2)c1. The van der Waals surface area contributed by atoms with E-state index in [1.165, 1.54) is 11.3 Å². The molecule has 140 valence electrons. The fourth-order valence-corrected chi connectivity index (χ4v) is 4.65. The quantitative estimate of drug-likeness (QED) is 0.577. The Kier molecular flexibility index (Phi) is 5.13. The summed E-state index contributed by atoms with van der Waals surface area (Å²) in [5.74, 6) is 1.55. The summed E-state index contributed by atoms with van der Waals surface area (Å²) in [6.45, 7) is 0.496. The zero-order valence-corrected chi connectivity index (χ0v) is 16.8. The molecule has 2 aromatic heterocycles. The molecule has 0 bridgehead atoms. The zero-order valence-electron chi connectivity index (χ0n) is 15.2. The Morgan fingerprint density at radius 3 is 2.78 bits per heavy atom. The molecule has 1 amide bonds. The van der Waals surface area contributed by atoms with E-state index in [4.69, 9.17) is 9.47 Å². The Morgan fingerprint density at radius 2 is 2.11 bits per heavy atom. The van der Waals surface area contributed by atoms with Gasteiger partial charge in [-0.2, -0.15) is 0 Å². The smallest absolute Gasteiger partial charge is 0.266 e. The lowest BCUT2D eigenvalue weighted by atomic mass is 10.1. The number of hydrogen-bond donors (Lipinski definition) is 0. The number of rotatable bonds is 7. The summed E-state index contributed by atoms with van der Waals surface area (Å²) in [6, 6.07) is 9.98. The molecular weight excluding hydrogens is 380 g/mol. The van der Waals surface area contributed by atoms with Crippen LogP contribution in [0.15, 0.2) is 41.9 Å². The fraction of sp³-hybridized carbons (Fsp3) is 0.300. The number of aromatic nitrogens is 1. The Hall–Kier alpha value is -2.38. The number of ether oxygens (including phenoxy) is 2. The molecular formula is C20H20N2O3S2. The summed E-state index contributed by atoms with van der Waals surface area (Å²) < 4.78 is 10.8. The van der Waals surface area contributed by atoms with Crippen LogP contribution in [-0.2, 0) is 6.54 Å². The van der Waals surface area contributed by atoms with Gasteiger partial charge in [-0.25, -0.2) is 4.98 Å². The molecule has 0 unspecified atom stereocenters. The maximum Gasteiger partial charge on any atom is 0.266 e. The van der Waals surface area contributed by atoms with Crippen LogP contribution >= 0.6 is 22.7 Å². The maximum atomic E-state index is 13.2. The number of carbonyl (C=O) groups excluding carboxylic acids is 1. The van der Waals surface area contributed by atoms with Crippen LogP contribution in [0.25, 0.3) is 9.88 Å². The van der Waals surface area contributed by atoms with E-state index in [1.807, 2.05) is 40.6 Å². The summed E-state index contributed by atoms with van der Waals surface area (Å²) >= 11 is 3.08. The molecule has 0 spiro atoms. The third-order valence-corrected chi connectivity index (χ3v) is 6.55. The first-order valence-electron chi connectivity index (χ1n) is 8.71. The average molecular weight is 401 g/mol. The van der Waals surface area contributed by atoms with Crippen molar-refractivity contribution in [3.05, 3.63) is 52.3 Å². The second-order valence-corrected chi connectivity index (χ2v) is 8.33. The molecule has 4 rings (SSSR count). The second kappa shape index (κ2) is 7.70. The van der Waals surface area contributed by atoms with Gasteiger partial charge in [-0.15, -0.1) is 22.7 Å². The van der Waals surface area contributed by atoms with Gasteiger partial charge in [0.05, 0.1) is 31.8 Å². The van der Waals surface area contributed by atoms with E-state index >= 15 is 0 Å². The van der Waals surface area contributed by atoms with E-state index in [1.54, 1.807) is 31.8 Å². The number of hydrogen-bond acceptors (Lipinski definition) is 6. The van der Waals surface area contributed by atoms with E-state index in [9.17, 15) is 4.79 Å². The van der Waals surface area contributed by atoms with E-state index in [2.05, 4.69) is 4.98 Å². The molecule has 1 aliphatic rings. The standard InChI is InChI=1S/C20H20N2O3S2/c1-24-15-7-8-16(25-2)13(10-15)12-22(14-5-6-14)20(23)18-11-21-19(27-18)17-4-3-9-26-17/h3-4,7-11,14H,5-6,12H2,1-2H3. The molecule has 0 aliphatic heterocycles. The van der Waals surface area contributed by atoms with E-state index in [0.717, 1.165) is 39.8 Å². The van der Waals surface area contributed by atoms with Gasteiger partial charge in [-0.3, -0.25) is 4.79 Å². The van der Waals surface area contributed by atoms with Gasteiger partial charge in [0.15, 0.2) is 0 Å². The number of thiazole rings is 1. The topological polar surface area (TPSA) is 51.7 Å². The minimum Gasteiger partial charge on any atom is -0.497 e. The second-order valence-electron chi connectivity index (χ2n) is 6.35. The third kappa shape index (κ3) is 3.84. The predicted molar refractivity (Wildman–Crippen MR) is 108 cm³/mol. The first kappa shape index (κ1) is 18.0. The Bertz CT molecular complexity index is 933. The lowest BCUT2D eigenvalue weighted by molar-refractivity contribution is 0.0733. The van der Waals surface area contributed by atoms with Gasteiger partial charge >= 0.3 is 0 Å². The van der Waals surface area contributed by atoms with Crippen molar-refractivity contribution in [1.29, 1.82) is 0 Å². The Morgan fingerprint density at radius 1 is 1.26 bits per heavy atom. The predicted octanol–water partition coefficient (Wildman–Crippen LogP) is 4.69. The van der Waals surface area contributed by atoms with Crippen LogP contribution in [-0.4, -0.2) is 36.1 Å². The van der Waals surface area contributed by atoms with Gasteiger partial charge in [0, 0.05) is 11.6 Å². The van der Waals surface area contributed by atoms with Gasteiger partial charge in [-0.1, -0.05) is 6.07 Å². The van der Waals surface area contributed by atoms with Gasteiger partial charge in [0.1, 0.15) is 21.4 Å². The first-order chi connectivity index (χ1) is 13.2. The van der Waals surface area contributed by atoms with Crippen LogP contribution in [0.2, 0.25) is 0 Å². The molecule has 1 fully saturated rings. The van der Waals surface area contributed by atoms with Gasteiger partial charge < -0.3 is 14.4 Å². The van der Waals surface area contributed by atoms with Crippen LogP contribution in [0.4, 0.5) is 0 Å². The minimum atomic E-state index is 0.0303. The van der Waals surface area contributed by atoms with Crippen LogP contribution in [0.1, 0.15) is 28.1 Å². The molecule has 1 aromatic carbocycles. The van der Waals surface area contributed by atoms with Crippen molar-refractivity contribution in [2.45, 2.75) is 25.4 Å². The zero-order chi connectivity index (χ0) is 18.8. The third-order valence-electron chi connectivity index (χ3n) is 4.53. The normalized spacial score (nSPS) is 13.4. The number of nitrogens with zero attached hydrogens (tertiary/aromatic N) is 2. The Balaban J connectivity index is 1.59. The number of methoxy groups -OCH3 is 2. The molecule has 0 N–H and O–H groups in total. The van der Waals surface area contributed by atoms with Crippen LogP contribution in [0.5, 0.6) is 11.5 Å². The number of thiophene rings is 1. The molecule has 0 atom stereocenters. The van der Waals surface area contributed by atoms with Crippen molar-refractivity contribution >= 4 is 28.6 Å². The molecule has 0 saturated heterocycles. The molecule has 27 heavy (non-hydrogen) atoms. The highest BCUT2D eigenvalue weighted by Crippen LogP contribution is 2.35. The number of amides is 1. The average Bonchev–Trinajstić information content (AvgIpc) is 3.18. The minimum absolute atomic E-state index is 0.0303. The van der Waals surface area contributed by atoms with Crippen molar-refractivity contribution in [3.63, 3.8) is 0 Å². The van der Waals surface area contributed by atoms with Crippen molar-refractivity contribution in [3.8, 4) is 21.4 Å². The summed E-state index contributed by atoms with van der Waals surface area (Å²) in [5, 5.41) is 2.91. The van der Waals surface area contributed by atoms with Crippen LogP contribution < -0.4 is 9.47 Å². The molecule has 1 saturated carbocycles. The van der Waals surface area contributed by atoms with Gasteiger partial charge in [-0.05, 0) is 42.5 Å². The fourth-order valence-electron chi connectivity index (χ4n) is 2.97. The maximum absolute atomic E-state index is 13.2. The molecule has 5 nitrogen and oxygen atoms in total. The molecule has 0 radical (unpaired) electrons. The molecule has 2 heterocycles. The first-order valence-corrected chi connectivity index (χ1v) is 10.4. The van der Waals surface area contributed by atoms with Crippen LogP contribution in [0.3, 0.4) is 0 Å². The Labute approximate surface area is 166 Å². The van der Waals surface area contributed by atoms with Crippen molar-refractivity contribution in [2.75, 3.05) is 14.2 Å². The largest absolute Gasteiger partial charge is 0.497 e. The molecule has 1 aliphatic carbocycles. The number of carbonyl (C=O) groups is 1. The van der Waals surface area contributed by atoms with Crippen molar-refractivity contribution < 1.29 is 14.3 Å². The van der Waals surface area contributed by atoms with Crippen LogP contribution in [0, 0.1) is 0 Å². The monoisotopic (exact) mass is 400 g/mol. The lowest BCUT2D eigenvalue weighted by Crippen LogP contribution is -2.32.